The van der Waals surface area contributed by atoms with Crippen LogP contribution in [-0.2, 0) is 21.1 Å². The van der Waals surface area contributed by atoms with Crippen LogP contribution in [0.1, 0.15) is 17.7 Å². The van der Waals surface area contributed by atoms with Crippen LogP contribution in [0.25, 0.3) is 0 Å². The van der Waals surface area contributed by atoms with Gasteiger partial charge in [-0.25, -0.2) is 8.42 Å². The summed E-state index contributed by atoms with van der Waals surface area (Å²) in [5, 5.41) is 1.95. The fourth-order valence-electron chi connectivity index (χ4n) is 2.98. The van der Waals surface area contributed by atoms with Crippen molar-refractivity contribution in [2.75, 3.05) is 12.3 Å². The molecule has 1 aromatic heterocycles. The number of benzene rings is 1. The molecular weight excluding hydrogens is 330 g/mol. The molecule has 0 aliphatic carbocycles. The molecule has 122 valence electrons. The number of sulfone groups is 1. The average molecular weight is 349 g/mol. The predicted molar refractivity (Wildman–Crippen MR) is 91.3 cm³/mol. The van der Waals surface area contributed by atoms with Gasteiger partial charge in [0.05, 0.1) is 17.1 Å². The van der Waals surface area contributed by atoms with E-state index in [9.17, 15) is 13.2 Å². The zero-order valence-corrected chi connectivity index (χ0v) is 14.4. The molecule has 4 nitrogen and oxygen atoms in total. The van der Waals surface area contributed by atoms with Gasteiger partial charge in [-0.15, -0.1) is 11.3 Å². The molecule has 6 heteroatoms. The van der Waals surface area contributed by atoms with Gasteiger partial charge in [0.1, 0.15) is 0 Å². The molecular formula is C17H19NO3S2. The van der Waals surface area contributed by atoms with E-state index in [-0.39, 0.29) is 17.7 Å². The lowest BCUT2D eigenvalue weighted by Gasteiger charge is -2.24. The molecule has 2 aromatic rings. The normalized spacial score (nSPS) is 18.3. The third kappa shape index (κ3) is 3.82. The second-order valence-corrected chi connectivity index (χ2v) is 8.80. The van der Waals surface area contributed by atoms with E-state index in [0.29, 0.717) is 17.9 Å². The first-order valence-corrected chi connectivity index (χ1v) is 10.2. The Morgan fingerprint density at radius 2 is 1.96 bits per heavy atom. The lowest BCUT2D eigenvalue weighted by Crippen LogP contribution is -2.40. The van der Waals surface area contributed by atoms with Crippen LogP contribution in [0.4, 0.5) is 0 Å². The molecule has 0 saturated carbocycles. The lowest BCUT2D eigenvalue weighted by atomic mass is 10.2. The minimum absolute atomic E-state index is 0.00714. The highest BCUT2D eigenvalue weighted by atomic mass is 32.2. The molecule has 1 aliphatic heterocycles. The topological polar surface area (TPSA) is 54.5 Å². The smallest absolute Gasteiger partial charge is 0.228 e. The van der Waals surface area contributed by atoms with Crippen molar-refractivity contribution in [1.82, 2.24) is 4.90 Å². The van der Waals surface area contributed by atoms with E-state index in [4.69, 9.17) is 0 Å². The molecule has 1 fully saturated rings. The predicted octanol–water partition coefficient (Wildman–Crippen LogP) is 2.76. The standard InChI is InChI=1S/C17H19NO3S2/c19-17(12-15-7-5-11-22-15)18-10-4-6-14(18)13-23(20,21)16-8-2-1-3-9-16/h1-3,5,7-9,11,14H,4,6,10,12-13H2. The van der Waals surface area contributed by atoms with Crippen LogP contribution in [0, 0.1) is 0 Å². The number of hydrogen-bond donors (Lipinski definition) is 0. The summed E-state index contributed by atoms with van der Waals surface area (Å²) < 4.78 is 25.1. The number of amides is 1. The van der Waals surface area contributed by atoms with Crippen molar-refractivity contribution < 1.29 is 13.2 Å². The Morgan fingerprint density at radius 3 is 2.65 bits per heavy atom. The summed E-state index contributed by atoms with van der Waals surface area (Å²) in [7, 11) is -3.36. The largest absolute Gasteiger partial charge is 0.338 e. The van der Waals surface area contributed by atoms with Gasteiger partial charge in [0.2, 0.25) is 5.91 Å². The second-order valence-electron chi connectivity index (χ2n) is 5.73. The van der Waals surface area contributed by atoms with Gasteiger partial charge in [0.25, 0.3) is 0 Å². The first kappa shape index (κ1) is 16.2. The van der Waals surface area contributed by atoms with E-state index >= 15 is 0 Å². The number of rotatable bonds is 5. The number of thiophene rings is 1. The molecule has 0 radical (unpaired) electrons. The summed E-state index contributed by atoms with van der Waals surface area (Å²) in [5.41, 5.74) is 0. The highest BCUT2D eigenvalue weighted by Gasteiger charge is 2.32. The minimum Gasteiger partial charge on any atom is -0.338 e. The fourth-order valence-corrected chi connectivity index (χ4v) is 5.29. The van der Waals surface area contributed by atoms with Crippen molar-refractivity contribution in [3.63, 3.8) is 0 Å². The maximum atomic E-state index is 12.5. The SMILES string of the molecule is O=C(Cc1cccs1)N1CCCC1CS(=O)(=O)c1ccccc1. The van der Waals surface area contributed by atoms with E-state index in [2.05, 4.69) is 0 Å². The average Bonchev–Trinajstić information content (AvgIpc) is 3.19. The van der Waals surface area contributed by atoms with E-state index in [1.54, 1.807) is 46.6 Å². The first-order chi connectivity index (χ1) is 11.1. The summed E-state index contributed by atoms with van der Waals surface area (Å²) in [6.45, 7) is 0.652. The Labute approximate surface area is 140 Å². The Balaban J connectivity index is 1.71. The summed E-state index contributed by atoms with van der Waals surface area (Å²) in [6.07, 6.45) is 1.98. The van der Waals surface area contributed by atoms with E-state index in [0.717, 1.165) is 17.7 Å². The lowest BCUT2D eigenvalue weighted by molar-refractivity contribution is -0.130. The zero-order chi connectivity index (χ0) is 16.3. The minimum atomic E-state index is -3.36. The second kappa shape index (κ2) is 6.84. The Bertz CT molecular complexity index is 754. The van der Waals surface area contributed by atoms with Crippen LogP contribution in [0.15, 0.2) is 52.7 Å². The molecule has 0 N–H and O–H groups in total. The van der Waals surface area contributed by atoms with E-state index < -0.39 is 9.84 Å². The summed E-state index contributed by atoms with van der Waals surface area (Å²) in [5.74, 6) is 0.0333. The van der Waals surface area contributed by atoms with Crippen molar-refractivity contribution in [3.8, 4) is 0 Å². The van der Waals surface area contributed by atoms with Gasteiger partial charge < -0.3 is 4.90 Å². The Hall–Kier alpha value is -1.66. The number of likely N-dealkylation sites (tertiary alicyclic amines) is 1. The van der Waals surface area contributed by atoms with Crippen LogP contribution in [-0.4, -0.2) is 37.6 Å². The quantitative estimate of drug-likeness (QED) is 0.834. The number of carbonyl (C=O) groups excluding carboxylic acids is 1. The van der Waals surface area contributed by atoms with Crippen molar-refractivity contribution in [2.24, 2.45) is 0 Å². The molecule has 1 aromatic carbocycles. The molecule has 3 rings (SSSR count). The van der Waals surface area contributed by atoms with Crippen LogP contribution in [0.3, 0.4) is 0 Å². The van der Waals surface area contributed by atoms with Gasteiger partial charge >= 0.3 is 0 Å². The van der Waals surface area contributed by atoms with Crippen molar-refractivity contribution in [3.05, 3.63) is 52.7 Å². The van der Waals surface area contributed by atoms with Crippen molar-refractivity contribution in [1.29, 1.82) is 0 Å². The van der Waals surface area contributed by atoms with Crippen LogP contribution < -0.4 is 0 Å². The molecule has 1 aliphatic rings. The van der Waals surface area contributed by atoms with Crippen molar-refractivity contribution >= 4 is 27.1 Å². The molecule has 1 amide bonds. The Morgan fingerprint density at radius 1 is 1.17 bits per heavy atom. The van der Waals surface area contributed by atoms with Crippen LogP contribution >= 0.6 is 11.3 Å². The maximum Gasteiger partial charge on any atom is 0.228 e. The van der Waals surface area contributed by atoms with Gasteiger partial charge in [0.15, 0.2) is 9.84 Å². The van der Waals surface area contributed by atoms with Gasteiger partial charge in [0, 0.05) is 17.5 Å². The monoisotopic (exact) mass is 349 g/mol. The number of carbonyl (C=O) groups is 1. The molecule has 1 atom stereocenters. The third-order valence-electron chi connectivity index (χ3n) is 4.12. The van der Waals surface area contributed by atoms with Crippen LogP contribution in [0.5, 0.6) is 0 Å². The fraction of sp³-hybridized carbons (Fsp3) is 0.353. The van der Waals surface area contributed by atoms with E-state index in [1.807, 2.05) is 17.5 Å². The molecule has 2 heterocycles. The van der Waals surface area contributed by atoms with Crippen molar-refractivity contribution in [2.45, 2.75) is 30.2 Å². The third-order valence-corrected chi connectivity index (χ3v) is 6.81. The molecule has 1 saturated heterocycles. The summed E-state index contributed by atoms with van der Waals surface area (Å²) in [6, 6.07) is 12.1. The van der Waals surface area contributed by atoms with Gasteiger partial charge in [-0.3, -0.25) is 4.79 Å². The molecule has 0 bridgehead atoms. The summed E-state index contributed by atoms with van der Waals surface area (Å²) >= 11 is 1.56. The highest BCUT2D eigenvalue weighted by Crippen LogP contribution is 2.23. The molecule has 0 spiro atoms. The zero-order valence-electron chi connectivity index (χ0n) is 12.7. The van der Waals surface area contributed by atoms with Gasteiger partial charge in [-0.2, -0.15) is 0 Å². The van der Waals surface area contributed by atoms with Gasteiger partial charge in [-0.05, 0) is 36.4 Å². The van der Waals surface area contributed by atoms with Gasteiger partial charge in [-0.1, -0.05) is 24.3 Å². The molecule has 23 heavy (non-hydrogen) atoms. The first-order valence-electron chi connectivity index (χ1n) is 7.66. The maximum absolute atomic E-state index is 12.5. The Kier molecular flexibility index (Phi) is 4.82. The number of nitrogens with zero attached hydrogens (tertiary/aromatic N) is 1. The highest BCUT2D eigenvalue weighted by molar-refractivity contribution is 7.91. The van der Waals surface area contributed by atoms with E-state index in [1.165, 1.54) is 0 Å². The number of hydrogen-bond acceptors (Lipinski definition) is 4. The summed E-state index contributed by atoms with van der Waals surface area (Å²) in [4.78, 5) is 15.6. The van der Waals surface area contributed by atoms with Crippen LogP contribution in [0.2, 0.25) is 0 Å². The molecule has 1 unspecified atom stereocenters.